The van der Waals surface area contributed by atoms with Crippen molar-refractivity contribution < 1.29 is 14.3 Å². The van der Waals surface area contributed by atoms with Crippen LogP contribution in [0.5, 0.6) is 11.5 Å². The number of H-pyrrole nitrogens is 1. The Morgan fingerprint density at radius 1 is 1.07 bits per heavy atom. The van der Waals surface area contributed by atoms with Gasteiger partial charge in [-0.15, -0.1) is 11.3 Å². The summed E-state index contributed by atoms with van der Waals surface area (Å²) in [6.45, 7) is 1.65. The average Bonchev–Trinajstić information content (AvgIpc) is 3.45. The molecule has 0 saturated heterocycles. The number of fused-ring (bicyclic) bond motifs is 2. The summed E-state index contributed by atoms with van der Waals surface area (Å²) in [4.78, 5) is 17.3. The summed E-state index contributed by atoms with van der Waals surface area (Å²) < 4.78 is 11.2. The van der Waals surface area contributed by atoms with Gasteiger partial charge < -0.3 is 19.8 Å². The maximum Gasteiger partial charge on any atom is 0.224 e. The molecular formula is C24H22N2O3S. The molecular weight excluding hydrogens is 396 g/mol. The number of thiophene rings is 1. The van der Waals surface area contributed by atoms with Gasteiger partial charge in [-0.1, -0.05) is 30.3 Å². The predicted octanol–water partition coefficient (Wildman–Crippen LogP) is 4.49. The van der Waals surface area contributed by atoms with E-state index in [2.05, 4.69) is 46.1 Å². The molecule has 0 unspecified atom stereocenters. The van der Waals surface area contributed by atoms with Crippen LogP contribution in [0.15, 0.2) is 66.2 Å². The van der Waals surface area contributed by atoms with Crippen molar-refractivity contribution in [2.75, 3.05) is 19.8 Å². The van der Waals surface area contributed by atoms with Gasteiger partial charge in [0.2, 0.25) is 5.91 Å². The van der Waals surface area contributed by atoms with E-state index < -0.39 is 0 Å². The summed E-state index contributed by atoms with van der Waals surface area (Å²) in [6.07, 6.45) is 2.36. The molecule has 30 heavy (non-hydrogen) atoms. The van der Waals surface area contributed by atoms with E-state index in [4.69, 9.17) is 9.47 Å². The second-order valence-electron chi connectivity index (χ2n) is 7.32. The fourth-order valence-electron chi connectivity index (χ4n) is 3.90. The number of aromatic amines is 1. The van der Waals surface area contributed by atoms with Crippen LogP contribution in [0.2, 0.25) is 0 Å². The summed E-state index contributed by atoms with van der Waals surface area (Å²) in [5.41, 5.74) is 3.22. The lowest BCUT2D eigenvalue weighted by Crippen LogP contribution is -2.30. The van der Waals surface area contributed by atoms with Crippen molar-refractivity contribution in [3.05, 3.63) is 82.2 Å². The molecule has 5 rings (SSSR count). The third-order valence-electron chi connectivity index (χ3n) is 5.36. The van der Waals surface area contributed by atoms with E-state index in [-0.39, 0.29) is 11.8 Å². The van der Waals surface area contributed by atoms with Crippen LogP contribution in [0.4, 0.5) is 0 Å². The minimum Gasteiger partial charge on any atom is -0.486 e. The molecule has 0 spiro atoms. The molecule has 6 heteroatoms. The van der Waals surface area contributed by atoms with Crippen LogP contribution >= 0.6 is 11.3 Å². The number of hydrogen-bond donors (Lipinski definition) is 2. The Kier molecular flexibility index (Phi) is 5.15. The number of carbonyl (C=O) groups is 1. The summed E-state index contributed by atoms with van der Waals surface area (Å²) in [5, 5.41) is 6.40. The second kappa shape index (κ2) is 8.24. The lowest BCUT2D eigenvalue weighted by atomic mass is 9.96. The highest BCUT2D eigenvalue weighted by atomic mass is 32.1. The number of hydrogen-bond acceptors (Lipinski definition) is 4. The number of nitrogens with one attached hydrogen (secondary N) is 2. The van der Waals surface area contributed by atoms with Crippen LogP contribution < -0.4 is 14.8 Å². The highest BCUT2D eigenvalue weighted by Gasteiger charge is 2.20. The molecule has 3 heterocycles. The molecule has 0 aliphatic carbocycles. The fraction of sp³-hybridized carbons (Fsp3) is 0.208. The third kappa shape index (κ3) is 3.78. The molecule has 4 aromatic rings. The van der Waals surface area contributed by atoms with Crippen LogP contribution in [0, 0.1) is 0 Å². The van der Waals surface area contributed by atoms with E-state index in [1.165, 1.54) is 15.8 Å². The summed E-state index contributed by atoms with van der Waals surface area (Å²) >= 11 is 1.71. The minimum absolute atomic E-state index is 0.00641. The normalized spacial score (nSPS) is 13.9. The van der Waals surface area contributed by atoms with Gasteiger partial charge in [-0.2, -0.15) is 0 Å². The monoisotopic (exact) mass is 418 g/mol. The molecule has 1 amide bonds. The van der Waals surface area contributed by atoms with Crippen molar-refractivity contribution in [2.24, 2.45) is 0 Å². The van der Waals surface area contributed by atoms with Gasteiger partial charge in [0.05, 0.1) is 6.42 Å². The first kappa shape index (κ1) is 18.8. The van der Waals surface area contributed by atoms with Gasteiger partial charge in [0, 0.05) is 34.4 Å². The minimum atomic E-state index is -0.00641. The van der Waals surface area contributed by atoms with Gasteiger partial charge in [-0.05, 0) is 40.8 Å². The number of carbonyl (C=O) groups excluding carboxylic acids is 1. The number of rotatable bonds is 6. The van der Waals surface area contributed by atoms with Gasteiger partial charge in [0.1, 0.15) is 13.2 Å². The molecule has 2 aromatic carbocycles. The molecule has 5 nitrogen and oxygen atoms in total. The molecule has 0 radical (unpaired) electrons. The molecule has 1 aliphatic rings. The van der Waals surface area contributed by atoms with Crippen LogP contribution in [0.1, 0.15) is 21.9 Å². The first-order valence-corrected chi connectivity index (χ1v) is 10.9. The Morgan fingerprint density at radius 2 is 1.93 bits per heavy atom. The largest absolute Gasteiger partial charge is 0.486 e. The molecule has 0 saturated carbocycles. The predicted molar refractivity (Wildman–Crippen MR) is 119 cm³/mol. The number of aromatic nitrogens is 1. The number of benzene rings is 2. The smallest absolute Gasteiger partial charge is 0.224 e. The molecule has 152 valence electrons. The maximum atomic E-state index is 12.7. The first-order valence-electron chi connectivity index (χ1n) is 10.0. The lowest BCUT2D eigenvalue weighted by Gasteiger charge is -2.19. The first-order chi connectivity index (χ1) is 14.8. The van der Waals surface area contributed by atoms with Crippen molar-refractivity contribution in [1.82, 2.24) is 10.3 Å². The van der Waals surface area contributed by atoms with Gasteiger partial charge in [-0.3, -0.25) is 4.79 Å². The van der Waals surface area contributed by atoms with Gasteiger partial charge in [-0.25, -0.2) is 0 Å². The Morgan fingerprint density at radius 3 is 2.80 bits per heavy atom. The van der Waals surface area contributed by atoms with Gasteiger partial charge in [0.25, 0.3) is 0 Å². The average molecular weight is 419 g/mol. The summed E-state index contributed by atoms with van der Waals surface area (Å²) in [6, 6.07) is 18.1. The van der Waals surface area contributed by atoms with Crippen molar-refractivity contribution in [3.63, 3.8) is 0 Å². The van der Waals surface area contributed by atoms with Crippen LogP contribution in [-0.2, 0) is 11.2 Å². The van der Waals surface area contributed by atoms with E-state index in [1.54, 1.807) is 11.3 Å². The zero-order valence-corrected chi connectivity index (χ0v) is 17.2. The Balaban J connectivity index is 1.32. The van der Waals surface area contributed by atoms with Crippen molar-refractivity contribution in [3.8, 4) is 11.5 Å². The molecule has 2 aromatic heterocycles. The fourth-order valence-corrected chi connectivity index (χ4v) is 4.74. The van der Waals surface area contributed by atoms with Crippen LogP contribution in [0.25, 0.3) is 10.9 Å². The quantitative estimate of drug-likeness (QED) is 0.485. The zero-order valence-electron chi connectivity index (χ0n) is 16.4. The number of ether oxygens (including phenoxy) is 2. The van der Waals surface area contributed by atoms with Crippen LogP contribution in [-0.4, -0.2) is 30.6 Å². The van der Waals surface area contributed by atoms with Crippen molar-refractivity contribution >= 4 is 28.1 Å². The molecule has 1 aliphatic heterocycles. The second-order valence-corrected chi connectivity index (χ2v) is 8.30. The van der Waals surface area contributed by atoms with Crippen molar-refractivity contribution in [1.29, 1.82) is 0 Å². The van der Waals surface area contributed by atoms with Crippen molar-refractivity contribution in [2.45, 2.75) is 12.3 Å². The molecule has 0 bridgehead atoms. The summed E-state index contributed by atoms with van der Waals surface area (Å²) in [5.74, 6) is 1.54. The van der Waals surface area contributed by atoms with E-state index in [1.807, 2.05) is 30.3 Å². The maximum absolute atomic E-state index is 12.7. The van der Waals surface area contributed by atoms with Crippen LogP contribution in [0.3, 0.4) is 0 Å². The third-order valence-corrected chi connectivity index (χ3v) is 6.34. The Hall–Kier alpha value is -3.25. The lowest BCUT2D eigenvalue weighted by molar-refractivity contribution is -0.120. The molecule has 1 atom stereocenters. The molecule has 2 N–H and O–H groups in total. The van der Waals surface area contributed by atoms with E-state index in [0.717, 1.165) is 16.8 Å². The van der Waals surface area contributed by atoms with Gasteiger partial charge >= 0.3 is 0 Å². The van der Waals surface area contributed by atoms with E-state index in [0.29, 0.717) is 31.9 Å². The number of para-hydroxylation sites is 1. The zero-order chi connectivity index (χ0) is 20.3. The highest BCUT2D eigenvalue weighted by molar-refractivity contribution is 7.10. The van der Waals surface area contributed by atoms with E-state index in [9.17, 15) is 4.79 Å². The Labute approximate surface area is 178 Å². The molecule has 0 fully saturated rings. The topological polar surface area (TPSA) is 63.4 Å². The highest BCUT2D eigenvalue weighted by Crippen LogP contribution is 2.33. The van der Waals surface area contributed by atoms with E-state index >= 15 is 0 Å². The Bertz CT molecular complexity index is 1170. The standard InChI is InChI=1S/C24H22N2O3S/c27-24(13-16-7-8-21-22(12-16)29-10-9-28-21)26-15-19(23-6-3-11-30-23)18-14-25-20-5-2-1-4-17(18)20/h1-8,11-12,14,19,25H,9-10,13,15H2,(H,26,27)/t19-/m1/s1. The summed E-state index contributed by atoms with van der Waals surface area (Å²) in [7, 11) is 0. The number of amides is 1. The SMILES string of the molecule is O=C(Cc1ccc2c(c1)OCCO2)NC[C@@H](c1cccs1)c1c[nH]c2ccccc12. The van der Waals surface area contributed by atoms with Gasteiger partial charge in [0.15, 0.2) is 11.5 Å².